The van der Waals surface area contributed by atoms with Crippen LogP contribution in [0.4, 0.5) is 0 Å². The zero-order valence-corrected chi connectivity index (χ0v) is 22.2. The molecule has 0 aliphatic rings. The van der Waals surface area contributed by atoms with Crippen LogP contribution in [0, 0.1) is 5.92 Å². The van der Waals surface area contributed by atoms with Crippen molar-refractivity contribution in [2.75, 3.05) is 19.8 Å². The Labute approximate surface area is 220 Å². The summed E-state index contributed by atoms with van der Waals surface area (Å²) in [4.78, 5) is 22.1. The lowest BCUT2D eigenvalue weighted by molar-refractivity contribution is -0.148. The first kappa shape index (κ1) is 27.9. The number of unbranched alkanes of at least 4 members (excludes halogenated alkanes) is 1. The topological polar surface area (TPSA) is 70.0 Å². The summed E-state index contributed by atoms with van der Waals surface area (Å²) >= 11 is 0. The molecule has 1 unspecified atom stereocenters. The van der Waals surface area contributed by atoms with Gasteiger partial charge in [-0.15, -0.1) is 0 Å². The molecule has 1 aromatic heterocycles. The summed E-state index contributed by atoms with van der Waals surface area (Å²) < 4.78 is 11.0. The van der Waals surface area contributed by atoms with Crippen LogP contribution in [0.3, 0.4) is 0 Å². The SMILES string of the molecule is CCCCC(CCc1ccc(OCCO/N=C(/C)c2ccc(-c3ccccn3)cc2)cc1)C(=O)OCC. The number of aryl methyl sites for hydroxylation is 1. The molecular formula is C31H38N2O4. The van der Waals surface area contributed by atoms with Gasteiger partial charge in [0.2, 0.25) is 0 Å². The number of carbonyl (C=O) groups excluding carboxylic acids is 1. The summed E-state index contributed by atoms with van der Waals surface area (Å²) in [5.74, 6) is 0.678. The van der Waals surface area contributed by atoms with Crippen LogP contribution >= 0.6 is 0 Å². The zero-order chi connectivity index (χ0) is 26.3. The third kappa shape index (κ3) is 9.37. The van der Waals surface area contributed by atoms with E-state index in [0.29, 0.717) is 19.8 Å². The molecule has 0 aliphatic carbocycles. The van der Waals surface area contributed by atoms with E-state index in [1.807, 2.05) is 68.4 Å². The molecule has 3 aromatic rings. The summed E-state index contributed by atoms with van der Waals surface area (Å²) in [6.07, 6.45) is 6.44. The van der Waals surface area contributed by atoms with Gasteiger partial charge in [0, 0.05) is 11.8 Å². The molecule has 3 rings (SSSR count). The van der Waals surface area contributed by atoms with Gasteiger partial charge in [0.15, 0.2) is 6.61 Å². The molecule has 0 N–H and O–H groups in total. The third-order valence-corrected chi connectivity index (χ3v) is 6.14. The predicted molar refractivity (Wildman–Crippen MR) is 148 cm³/mol. The van der Waals surface area contributed by atoms with Crippen LogP contribution < -0.4 is 4.74 Å². The Bertz CT molecular complexity index is 1100. The van der Waals surface area contributed by atoms with Gasteiger partial charge in [0.25, 0.3) is 0 Å². The van der Waals surface area contributed by atoms with Crippen molar-refractivity contribution in [3.8, 4) is 17.0 Å². The molecule has 0 spiro atoms. The van der Waals surface area contributed by atoms with Crippen molar-refractivity contribution in [2.24, 2.45) is 11.1 Å². The Morgan fingerprint density at radius 3 is 2.41 bits per heavy atom. The lowest BCUT2D eigenvalue weighted by atomic mass is 9.94. The minimum absolute atomic E-state index is 0.0317. The maximum Gasteiger partial charge on any atom is 0.308 e. The lowest BCUT2D eigenvalue weighted by Gasteiger charge is -2.15. The molecule has 1 heterocycles. The summed E-state index contributed by atoms with van der Waals surface area (Å²) in [6, 6.07) is 22.0. The first-order chi connectivity index (χ1) is 18.1. The molecule has 0 saturated carbocycles. The molecule has 6 heteroatoms. The minimum Gasteiger partial charge on any atom is -0.490 e. The molecule has 6 nitrogen and oxygen atoms in total. The van der Waals surface area contributed by atoms with Crippen molar-refractivity contribution < 1.29 is 19.1 Å². The Hall–Kier alpha value is -3.67. The summed E-state index contributed by atoms with van der Waals surface area (Å²) in [5.41, 5.74) is 4.99. The second-order valence-corrected chi connectivity index (χ2v) is 8.92. The van der Waals surface area contributed by atoms with E-state index in [4.69, 9.17) is 14.3 Å². The number of nitrogens with zero attached hydrogens (tertiary/aromatic N) is 2. The second kappa shape index (κ2) is 15.4. The largest absolute Gasteiger partial charge is 0.490 e. The molecular weight excluding hydrogens is 464 g/mol. The quantitative estimate of drug-likeness (QED) is 0.0981. The standard InChI is InChI=1S/C31H38N2O4/c1-4-6-9-28(31(34)35-5-2)14-11-25-12-19-29(20-13-25)36-22-23-37-33-24(3)26-15-17-27(18-16-26)30-10-7-8-21-32-30/h7-8,10,12-13,15-21,28H,4-6,9,11,14,22-23H2,1-3H3/b33-24-. The number of hydrogen-bond acceptors (Lipinski definition) is 6. The van der Waals surface area contributed by atoms with Crippen molar-refractivity contribution in [3.63, 3.8) is 0 Å². The van der Waals surface area contributed by atoms with Crippen LogP contribution in [0.15, 0.2) is 78.1 Å². The van der Waals surface area contributed by atoms with Crippen LogP contribution in [-0.2, 0) is 20.8 Å². The fourth-order valence-corrected chi connectivity index (χ4v) is 3.99. The number of esters is 1. The van der Waals surface area contributed by atoms with Gasteiger partial charge >= 0.3 is 5.97 Å². The number of carbonyl (C=O) groups is 1. The van der Waals surface area contributed by atoms with E-state index < -0.39 is 0 Å². The Kier molecular flexibility index (Phi) is 11.6. The van der Waals surface area contributed by atoms with E-state index in [9.17, 15) is 4.79 Å². The fourth-order valence-electron chi connectivity index (χ4n) is 3.99. The van der Waals surface area contributed by atoms with Crippen molar-refractivity contribution in [1.82, 2.24) is 4.98 Å². The van der Waals surface area contributed by atoms with Crippen molar-refractivity contribution >= 4 is 11.7 Å². The zero-order valence-electron chi connectivity index (χ0n) is 22.2. The van der Waals surface area contributed by atoms with Gasteiger partial charge in [0.1, 0.15) is 12.4 Å². The first-order valence-corrected chi connectivity index (χ1v) is 13.2. The summed E-state index contributed by atoms with van der Waals surface area (Å²) in [7, 11) is 0. The Morgan fingerprint density at radius 1 is 0.946 bits per heavy atom. The van der Waals surface area contributed by atoms with E-state index in [1.165, 1.54) is 5.56 Å². The number of benzene rings is 2. The van der Waals surface area contributed by atoms with Gasteiger partial charge < -0.3 is 14.3 Å². The normalized spacial score (nSPS) is 12.1. The van der Waals surface area contributed by atoms with E-state index >= 15 is 0 Å². The van der Waals surface area contributed by atoms with Crippen LogP contribution in [0.5, 0.6) is 5.75 Å². The van der Waals surface area contributed by atoms with Crippen LogP contribution in [0.25, 0.3) is 11.3 Å². The number of ether oxygens (including phenoxy) is 2. The average molecular weight is 503 g/mol. The molecule has 37 heavy (non-hydrogen) atoms. The first-order valence-electron chi connectivity index (χ1n) is 13.2. The van der Waals surface area contributed by atoms with Gasteiger partial charge in [-0.1, -0.05) is 67.4 Å². The lowest BCUT2D eigenvalue weighted by Crippen LogP contribution is -2.18. The summed E-state index contributed by atoms with van der Waals surface area (Å²) in [5, 5.41) is 4.21. The molecule has 0 amide bonds. The minimum atomic E-state index is -0.0738. The molecule has 0 fully saturated rings. The van der Waals surface area contributed by atoms with Crippen molar-refractivity contribution in [2.45, 2.75) is 52.9 Å². The van der Waals surface area contributed by atoms with Gasteiger partial charge in [-0.2, -0.15) is 0 Å². The molecule has 0 aliphatic heterocycles. The molecule has 2 aromatic carbocycles. The van der Waals surface area contributed by atoms with Gasteiger partial charge in [-0.05, 0) is 68.5 Å². The van der Waals surface area contributed by atoms with Crippen LogP contribution in [0.2, 0.25) is 0 Å². The van der Waals surface area contributed by atoms with Gasteiger partial charge in [0.05, 0.1) is 23.9 Å². The fraction of sp³-hybridized carbons (Fsp3) is 0.387. The van der Waals surface area contributed by atoms with Crippen LogP contribution in [-0.4, -0.2) is 36.5 Å². The number of aromatic nitrogens is 1. The maximum absolute atomic E-state index is 12.2. The molecule has 1 atom stereocenters. The second-order valence-electron chi connectivity index (χ2n) is 8.92. The predicted octanol–water partition coefficient (Wildman–Crippen LogP) is 6.87. The Balaban J connectivity index is 1.39. The van der Waals surface area contributed by atoms with Crippen molar-refractivity contribution in [3.05, 3.63) is 84.1 Å². The van der Waals surface area contributed by atoms with E-state index in [2.05, 4.69) is 29.2 Å². The number of hydrogen-bond donors (Lipinski definition) is 0. The highest BCUT2D eigenvalue weighted by Crippen LogP contribution is 2.20. The third-order valence-electron chi connectivity index (χ3n) is 6.14. The average Bonchev–Trinajstić information content (AvgIpc) is 2.94. The van der Waals surface area contributed by atoms with Crippen molar-refractivity contribution in [1.29, 1.82) is 0 Å². The number of pyridine rings is 1. The highest BCUT2D eigenvalue weighted by atomic mass is 16.6. The number of oxime groups is 1. The Morgan fingerprint density at radius 2 is 1.73 bits per heavy atom. The monoisotopic (exact) mass is 502 g/mol. The highest BCUT2D eigenvalue weighted by Gasteiger charge is 2.19. The number of rotatable bonds is 15. The highest BCUT2D eigenvalue weighted by molar-refractivity contribution is 5.98. The molecule has 0 radical (unpaired) electrons. The smallest absolute Gasteiger partial charge is 0.308 e. The van der Waals surface area contributed by atoms with E-state index in [-0.39, 0.29) is 11.9 Å². The molecule has 0 saturated heterocycles. The van der Waals surface area contributed by atoms with Crippen LogP contribution in [0.1, 0.15) is 57.6 Å². The van der Waals surface area contributed by atoms with Gasteiger partial charge in [-0.25, -0.2) is 0 Å². The van der Waals surface area contributed by atoms with E-state index in [0.717, 1.165) is 60.4 Å². The molecule has 196 valence electrons. The molecule has 0 bridgehead atoms. The summed E-state index contributed by atoms with van der Waals surface area (Å²) in [6.45, 7) is 7.10. The van der Waals surface area contributed by atoms with Gasteiger partial charge in [-0.3, -0.25) is 9.78 Å². The maximum atomic E-state index is 12.2. The van der Waals surface area contributed by atoms with E-state index in [1.54, 1.807) is 6.20 Å².